The number of ether oxygens (including phenoxy) is 1. The van der Waals surface area contributed by atoms with E-state index in [9.17, 15) is 4.39 Å². The molecule has 0 amide bonds. The summed E-state index contributed by atoms with van der Waals surface area (Å²) in [6.45, 7) is 9.22. The highest BCUT2D eigenvalue weighted by atomic mass is 19.1. The van der Waals surface area contributed by atoms with E-state index in [4.69, 9.17) is 4.74 Å². The first-order valence-electron chi connectivity index (χ1n) is 7.85. The molecular weight excluding hydrogens is 267 g/mol. The maximum absolute atomic E-state index is 14.2. The van der Waals surface area contributed by atoms with Crippen LogP contribution < -0.4 is 10.1 Å². The van der Waals surface area contributed by atoms with Crippen molar-refractivity contribution in [3.05, 3.63) is 29.6 Å². The molecule has 118 valence electrons. The monoisotopic (exact) mass is 294 g/mol. The zero-order valence-corrected chi connectivity index (χ0v) is 13.6. The molecular formula is C17H27FN2O. The second-order valence-electron chi connectivity index (χ2n) is 6.08. The minimum absolute atomic E-state index is 0.162. The second-order valence-corrected chi connectivity index (χ2v) is 6.08. The number of halogens is 1. The van der Waals surface area contributed by atoms with Crippen molar-refractivity contribution in [1.82, 2.24) is 10.2 Å². The Labute approximate surface area is 127 Å². The lowest BCUT2D eigenvalue weighted by molar-refractivity contribution is 0.0737. The summed E-state index contributed by atoms with van der Waals surface area (Å²) in [5.41, 5.74) is 0.904. The van der Waals surface area contributed by atoms with Gasteiger partial charge in [0.05, 0.1) is 7.11 Å². The minimum atomic E-state index is -0.182. The predicted molar refractivity (Wildman–Crippen MR) is 84.1 cm³/mol. The van der Waals surface area contributed by atoms with E-state index in [1.165, 1.54) is 6.07 Å². The van der Waals surface area contributed by atoms with Gasteiger partial charge in [0, 0.05) is 42.8 Å². The van der Waals surface area contributed by atoms with Crippen LogP contribution in [0.1, 0.15) is 39.2 Å². The van der Waals surface area contributed by atoms with Gasteiger partial charge in [0.2, 0.25) is 0 Å². The van der Waals surface area contributed by atoms with Gasteiger partial charge in [-0.15, -0.1) is 0 Å². The Morgan fingerprint density at radius 3 is 2.67 bits per heavy atom. The van der Waals surface area contributed by atoms with E-state index in [2.05, 4.69) is 31.0 Å². The summed E-state index contributed by atoms with van der Waals surface area (Å²) in [5, 5.41) is 3.67. The van der Waals surface area contributed by atoms with Gasteiger partial charge in [0.1, 0.15) is 11.6 Å². The molecule has 1 N–H and O–H groups in total. The Hall–Kier alpha value is -1.13. The number of benzene rings is 1. The molecule has 1 fully saturated rings. The van der Waals surface area contributed by atoms with Crippen LogP contribution >= 0.6 is 0 Å². The molecule has 4 heteroatoms. The maximum Gasteiger partial charge on any atom is 0.131 e. The number of hydrogen-bond donors (Lipinski definition) is 1. The third kappa shape index (κ3) is 3.55. The maximum atomic E-state index is 14.2. The molecule has 1 aromatic rings. The fourth-order valence-corrected chi connectivity index (χ4v) is 3.03. The fraction of sp³-hybridized carbons (Fsp3) is 0.647. The molecule has 1 aliphatic rings. The Morgan fingerprint density at radius 2 is 2.10 bits per heavy atom. The van der Waals surface area contributed by atoms with Gasteiger partial charge in [0.15, 0.2) is 0 Å². The molecule has 21 heavy (non-hydrogen) atoms. The van der Waals surface area contributed by atoms with Crippen molar-refractivity contribution in [1.29, 1.82) is 0 Å². The largest absolute Gasteiger partial charge is 0.497 e. The second kappa shape index (κ2) is 6.75. The Balaban J connectivity index is 2.13. The average molecular weight is 294 g/mol. The molecule has 1 unspecified atom stereocenters. The topological polar surface area (TPSA) is 24.5 Å². The molecule has 2 rings (SSSR count). The zero-order chi connectivity index (χ0) is 15.5. The number of nitrogens with zero attached hydrogens (tertiary/aromatic N) is 1. The third-order valence-corrected chi connectivity index (χ3v) is 4.89. The quantitative estimate of drug-likeness (QED) is 0.902. The highest BCUT2D eigenvalue weighted by molar-refractivity contribution is 5.29. The van der Waals surface area contributed by atoms with Crippen LogP contribution in [0.2, 0.25) is 0 Å². The first kappa shape index (κ1) is 16.2. The highest BCUT2D eigenvalue weighted by Gasteiger charge is 2.35. The first-order valence-corrected chi connectivity index (χ1v) is 7.85. The zero-order valence-electron chi connectivity index (χ0n) is 13.6. The van der Waals surface area contributed by atoms with Crippen LogP contribution in [-0.2, 0) is 6.54 Å². The van der Waals surface area contributed by atoms with Gasteiger partial charge in [-0.05, 0) is 25.8 Å². The lowest BCUT2D eigenvalue weighted by Gasteiger charge is -2.46. The fourth-order valence-electron chi connectivity index (χ4n) is 3.03. The molecule has 1 aromatic carbocycles. The van der Waals surface area contributed by atoms with Crippen molar-refractivity contribution in [3.63, 3.8) is 0 Å². The molecule has 1 saturated heterocycles. The number of methoxy groups -OCH3 is 1. The summed E-state index contributed by atoms with van der Waals surface area (Å²) >= 11 is 0. The van der Waals surface area contributed by atoms with Crippen molar-refractivity contribution in [2.24, 2.45) is 0 Å². The Bertz CT molecular complexity index is 474. The smallest absolute Gasteiger partial charge is 0.131 e. The molecule has 0 aliphatic carbocycles. The predicted octanol–water partition coefficient (Wildman–Crippen LogP) is 3.19. The van der Waals surface area contributed by atoms with Gasteiger partial charge >= 0.3 is 0 Å². The van der Waals surface area contributed by atoms with Crippen molar-refractivity contribution >= 4 is 0 Å². The van der Waals surface area contributed by atoms with E-state index in [0.29, 0.717) is 18.3 Å². The number of rotatable bonds is 5. The Kier molecular flexibility index (Phi) is 5.22. The van der Waals surface area contributed by atoms with Crippen LogP contribution in [0.3, 0.4) is 0 Å². The van der Waals surface area contributed by atoms with Gasteiger partial charge in [0.25, 0.3) is 0 Å². The van der Waals surface area contributed by atoms with Crippen LogP contribution in [0.4, 0.5) is 4.39 Å². The van der Waals surface area contributed by atoms with E-state index in [-0.39, 0.29) is 11.4 Å². The summed E-state index contributed by atoms with van der Waals surface area (Å²) in [5.74, 6) is 0.389. The summed E-state index contributed by atoms with van der Waals surface area (Å²) in [7, 11) is 1.56. The van der Waals surface area contributed by atoms with E-state index < -0.39 is 0 Å². The van der Waals surface area contributed by atoms with Crippen LogP contribution in [0.15, 0.2) is 18.2 Å². The van der Waals surface area contributed by atoms with Crippen LogP contribution in [0.5, 0.6) is 5.75 Å². The van der Waals surface area contributed by atoms with Crippen molar-refractivity contribution in [2.75, 3.05) is 20.2 Å². The average Bonchev–Trinajstić information content (AvgIpc) is 2.51. The highest BCUT2D eigenvalue weighted by Crippen LogP contribution is 2.25. The molecule has 0 saturated carbocycles. The molecule has 0 spiro atoms. The first-order chi connectivity index (χ1) is 10.0. The van der Waals surface area contributed by atoms with E-state index in [1.54, 1.807) is 7.11 Å². The minimum Gasteiger partial charge on any atom is -0.497 e. The molecule has 3 nitrogen and oxygen atoms in total. The van der Waals surface area contributed by atoms with E-state index >= 15 is 0 Å². The molecule has 0 bridgehead atoms. The summed E-state index contributed by atoms with van der Waals surface area (Å²) in [6, 6.07) is 5.55. The number of nitrogens with one attached hydrogen (secondary N) is 1. The summed E-state index contributed by atoms with van der Waals surface area (Å²) in [4.78, 5) is 2.38. The third-order valence-electron chi connectivity index (χ3n) is 4.89. The van der Waals surface area contributed by atoms with Crippen LogP contribution in [0.25, 0.3) is 0 Å². The molecule has 0 radical (unpaired) electrons. The SMILES string of the molecule is CCC1(CC)CN(Cc2ccc(OC)cc2F)C(C)CN1. The van der Waals surface area contributed by atoms with Gasteiger partial charge in [-0.3, -0.25) is 4.90 Å². The molecule has 1 atom stereocenters. The molecule has 0 aromatic heterocycles. The molecule has 1 heterocycles. The van der Waals surface area contributed by atoms with E-state index in [1.807, 2.05) is 12.1 Å². The van der Waals surface area contributed by atoms with Gasteiger partial charge in [-0.2, -0.15) is 0 Å². The van der Waals surface area contributed by atoms with Crippen molar-refractivity contribution in [3.8, 4) is 5.75 Å². The standard InChI is InChI=1S/C17H27FN2O/c1-5-17(6-2)12-20(13(3)10-19-17)11-14-7-8-15(21-4)9-16(14)18/h7-9,13,19H,5-6,10-12H2,1-4H3. The lowest BCUT2D eigenvalue weighted by atomic mass is 9.88. The Morgan fingerprint density at radius 1 is 1.38 bits per heavy atom. The van der Waals surface area contributed by atoms with Crippen molar-refractivity contribution in [2.45, 2.75) is 51.7 Å². The van der Waals surface area contributed by atoms with Gasteiger partial charge in [-0.1, -0.05) is 19.9 Å². The lowest BCUT2D eigenvalue weighted by Crippen LogP contribution is -2.62. The van der Waals surface area contributed by atoms with Gasteiger partial charge in [-0.25, -0.2) is 4.39 Å². The number of piperazine rings is 1. The van der Waals surface area contributed by atoms with Crippen LogP contribution in [-0.4, -0.2) is 36.7 Å². The van der Waals surface area contributed by atoms with Crippen molar-refractivity contribution < 1.29 is 9.13 Å². The van der Waals surface area contributed by atoms with Gasteiger partial charge < -0.3 is 10.1 Å². The summed E-state index contributed by atoms with van der Waals surface area (Å²) < 4.78 is 19.2. The normalized spacial score (nSPS) is 22.2. The van der Waals surface area contributed by atoms with E-state index in [0.717, 1.165) is 31.5 Å². The number of hydrogen-bond acceptors (Lipinski definition) is 3. The van der Waals surface area contributed by atoms with Crippen LogP contribution in [0, 0.1) is 5.82 Å². The molecule has 1 aliphatic heterocycles. The summed E-state index contributed by atoms with van der Waals surface area (Å²) in [6.07, 6.45) is 2.19.